The van der Waals surface area contributed by atoms with E-state index in [-0.39, 0.29) is 12.0 Å². The number of hydrogen-bond acceptors (Lipinski definition) is 5. The molecular weight excluding hydrogens is 366 g/mol. The Kier molecular flexibility index (Phi) is 5.45. The van der Waals surface area contributed by atoms with Crippen molar-refractivity contribution in [3.63, 3.8) is 0 Å². The molecule has 3 heterocycles. The van der Waals surface area contributed by atoms with E-state index >= 15 is 0 Å². The maximum atomic E-state index is 12.9. The van der Waals surface area contributed by atoms with Crippen LogP contribution in [-0.2, 0) is 11.2 Å². The number of carbonyl (C=O) groups excluding carboxylic acids is 1. The second-order valence-electron chi connectivity index (χ2n) is 7.34. The summed E-state index contributed by atoms with van der Waals surface area (Å²) in [6.07, 6.45) is 0.490. The summed E-state index contributed by atoms with van der Waals surface area (Å²) in [5, 5.41) is 4.08. The Hall–Kier alpha value is -2.99. The fourth-order valence-corrected chi connectivity index (χ4v) is 3.65. The largest absolute Gasteiger partial charge is 0.368 e. The van der Waals surface area contributed by atoms with Gasteiger partial charge < -0.3 is 14.2 Å². The van der Waals surface area contributed by atoms with E-state index < -0.39 is 0 Å². The van der Waals surface area contributed by atoms with Crippen molar-refractivity contribution in [3.05, 3.63) is 70.7 Å². The van der Waals surface area contributed by atoms with Gasteiger partial charge in [-0.15, -0.1) is 0 Å². The summed E-state index contributed by atoms with van der Waals surface area (Å²) in [4.78, 5) is 19.6. The average molecular weight is 391 g/mol. The third-order valence-electron chi connectivity index (χ3n) is 5.26. The number of aryl methyl sites for hydroxylation is 3. The fraction of sp³-hybridized carbons (Fsp3) is 0.348. The van der Waals surface area contributed by atoms with E-state index in [0.29, 0.717) is 25.3 Å². The number of benzene rings is 1. The molecule has 0 saturated carbocycles. The number of nitrogens with zero attached hydrogens (tertiary/aromatic N) is 3. The van der Waals surface area contributed by atoms with Crippen LogP contribution in [-0.4, -0.2) is 40.6 Å². The standard InChI is InChI=1S/C23H25N3O3/c1-4-20-22(16(3)25-29-20)19-7-5-6-18(24-19)21-14-26(12-13-28-21)23(27)17-10-8-15(2)9-11-17/h5-11,21H,4,12-14H2,1-3H3. The minimum atomic E-state index is -0.261. The number of rotatable bonds is 4. The molecule has 0 N–H and O–H groups in total. The Morgan fingerprint density at radius 3 is 2.72 bits per heavy atom. The molecule has 0 bridgehead atoms. The predicted molar refractivity (Wildman–Crippen MR) is 110 cm³/mol. The zero-order valence-electron chi connectivity index (χ0n) is 17.0. The first-order chi connectivity index (χ1) is 14.1. The average Bonchev–Trinajstić information content (AvgIpc) is 3.14. The van der Waals surface area contributed by atoms with Crippen LogP contribution in [0.3, 0.4) is 0 Å². The number of pyridine rings is 1. The molecule has 1 fully saturated rings. The van der Waals surface area contributed by atoms with Crippen molar-refractivity contribution in [1.29, 1.82) is 0 Å². The molecule has 4 rings (SSSR count). The second kappa shape index (κ2) is 8.17. The van der Waals surface area contributed by atoms with E-state index in [1.807, 2.05) is 68.1 Å². The molecule has 150 valence electrons. The van der Waals surface area contributed by atoms with Gasteiger partial charge in [-0.1, -0.05) is 35.8 Å². The molecule has 1 aliphatic heterocycles. The van der Waals surface area contributed by atoms with Crippen molar-refractivity contribution in [1.82, 2.24) is 15.0 Å². The van der Waals surface area contributed by atoms with Crippen molar-refractivity contribution >= 4 is 5.91 Å². The second-order valence-corrected chi connectivity index (χ2v) is 7.34. The molecule has 29 heavy (non-hydrogen) atoms. The van der Waals surface area contributed by atoms with Gasteiger partial charge in [0.25, 0.3) is 5.91 Å². The van der Waals surface area contributed by atoms with Gasteiger partial charge >= 0.3 is 0 Å². The van der Waals surface area contributed by atoms with E-state index in [0.717, 1.165) is 40.4 Å². The zero-order valence-corrected chi connectivity index (χ0v) is 17.0. The fourth-order valence-electron chi connectivity index (χ4n) is 3.65. The summed E-state index contributed by atoms with van der Waals surface area (Å²) < 4.78 is 11.4. The van der Waals surface area contributed by atoms with Gasteiger partial charge in [-0.25, -0.2) is 4.98 Å². The Labute approximate surface area is 170 Å². The van der Waals surface area contributed by atoms with Crippen molar-refractivity contribution in [2.45, 2.75) is 33.3 Å². The Morgan fingerprint density at radius 1 is 1.17 bits per heavy atom. The van der Waals surface area contributed by atoms with Gasteiger partial charge in [-0.05, 0) is 38.1 Å². The zero-order chi connectivity index (χ0) is 20.4. The Bertz CT molecular complexity index is 1010. The van der Waals surface area contributed by atoms with Crippen LogP contribution in [0.15, 0.2) is 47.0 Å². The molecule has 3 aromatic rings. The lowest BCUT2D eigenvalue weighted by molar-refractivity contribution is -0.0246. The number of morpholine rings is 1. The molecular formula is C23H25N3O3. The van der Waals surface area contributed by atoms with Gasteiger partial charge in [0.2, 0.25) is 0 Å². The molecule has 1 atom stereocenters. The maximum absolute atomic E-state index is 12.9. The third-order valence-corrected chi connectivity index (χ3v) is 5.26. The lowest BCUT2D eigenvalue weighted by Crippen LogP contribution is -2.42. The van der Waals surface area contributed by atoms with Crippen molar-refractivity contribution < 1.29 is 14.1 Å². The van der Waals surface area contributed by atoms with Gasteiger partial charge in [0.05, 0.1) is 35.8 Å². The quantitative estimate of drug-likeness (QED) is 0.669. The first-order valence-corrected chi connectivity index (χ1v) is 9.97. The van der Waals surface area contributed by atoms with Crippen molar-refractivity contribution in [2.75, 3.05) is 19.7 Å². The van der Waals surface area contributed by atoms with Crippen LogP contribution >= 0.6 is 0 Å². The van der Waals surface area contributed by atoms with Gasteiger partial charge in [0, 0.05) is 18.5 Å². The monoisotopic (exact) mass is 391 g/mol. The highest BCUT2D eigenvalue weighted by atomic mass is 16.5. The van der Waals surface area contributed by atoms with Gasteiger partial charge in [-0.2, -0.15) is 0 Å². The van der Waals surface area contributed by atoms with Crippen LogP contribution in [0.5, 0.6) is 0 Å². The molecule has 6 heteroatoms. The summed E-state index contributed by atoms with van der Waals surface area (Å²) in [5.41, 5.74) is 5.24. The highest BCUT2D eigenvalue weighted by Crippen LogP contribution is 2.29. The molecule has 0 spiro atoms. The normalized spacial score (nSPS) is 16.8. The van der Waals surface area contributed by atoms with E-state index in [2.05, 4.69) is 5.16 Å². The van der Waals surface area contributed by atoms with Crippen LogP contribution < -0.4 is 0 Å². The molecule has 1 unspecified atom stereocenters. The molecule has 1 amide bonds. The minimum Gasteiger partial charge on any atom is -0.368 e. The summed E-state index contributed by atoms with van der Waals surface area (Å²) in [6, 6.07) is 13.5. The smallest absolute Gasteiger partial charge is 0.254 e. The van der Waals surface area contributed by atoms with Crippen LogP contribution in [0.2, 0.25) is 0 Å². The molecule has 6 nitrogen and oxygen atoms in total. The van der Waals surface area contributed by atoms with E-state index in [4.69, 9.17) is 14.2 Å². The maximum Gasteiger partial charge on any atom is 0.254 e. The molecule has 2 aromatic heterocycles. The van der Waals surface area contributed by atoms with Crippen molar-refractivity contribution in [2.24, 2.45) is 0 Å². The molecule has 1 saturated heterocycles. The first-order valence-electron chi connectivity index (χ1n) is 9.97. The summed E-state index contributed by atoms with van der Waals surface area (Å²) in [7, 11) is 0. The SMILES string of the molecule is CCc1onc(C)c1-c1cccc(C2CN(C(=O)c3ccc(C)cc3)CCO2)n1. The third kappa shape index (κ3) is 3.93. The van der Waals surface area contributed by atoms with Crippen LogP contribution in [0, 0.1) is 13.8 Å². The first kappa shape index (κ1) is 19.3. The van der Waals surface area contributed by atoms with E-state index in [1.54, 1.807) is 0 Å². The number of amides is 1. The number of aromatic nitrogens is 2. The highest BCUT2D eigenvalue weighted by Gasteiger charge is 2.27. The lowest BCUT2D eigenvalue weighted by atomic mass is 10.1. The van der Waals surface area contributed by atoms with Gasteiger partial charge in [0.1, 0.15) is 11.9 Å². The summed E-state index contributed by atoms with van der Waals surface area (Å²) in [6.45, 7) is 7.51. The van der Waals surface area contributed by atoms with Crippen LogP contribution in [0.4, 0.5) is 0 Å². The molecule has 0 radical (unpaired) electrons. The van der Waals surface area contributed by atoms with E-state index in [9.17, 15) is 4.79 Å². The van der Waals surface area contributed by atoms with Gasteiger partial charge in [-0.3, -0.25) is 4.79 Å². The molecule has 1 aliphatic rings. The Morgan fingerprint density at radius 2 is 1.97 bits per heavy atom. The predicted octanol–water partition coefficient (Wildman–Crippen LogP) is 4.13. The summed E-state index contributed by atoms with van der Waals surface area (Å²) in [5.74, 6) is 0.852. The van der Waals surface area contributed by atoms with Crippen LogP contribution in [0.25, 0.3) is 11.3 Å². The number of ether oxygens (including phenoxy) is 1. The number of hydrogen-bond donors (Lipinski definition) is 0. The summed E-state index contributed by atoms with van der Waals surface area (Å²) >= 11 is 0. The van der Waals surface area contributed by atoms with Crippen molar-refractivity contribution in [3.8, 4) is 11.3 Å². The lowest BCUT2D eigenvalue weighted by Gasteiger charge is -2.33. The molecule has 0 aliphatic carbocycles. The molecule has 1 aromatic carbocycles. The number of carbonyl (C=O) groups is 1. The minimum absolute atomic E-state index is 0.0256. The Balaban J connectivity index is 1.56. The topological polar surface area (TPSA) is 68.5 Å². The highest BCUT2D eigenvalue weighted by molar-refractivity contribution is 5.94. The van der Waals surface area contributed by atoms with Crippen LogP contribution in [0.1, 0.15) is 46.1 Å². The van der Waals surface area contributed by atoms with Gasteiger partial charge in [0.15, 0.2) is 0 Å². The van der Waals surface area contributed by atoms with E-state index in [1.165, 1.54) is 0 Å².